The van der Waals surface area contributed by atoms with Crippen LogP contribution in [0.15, 0.2) is 48.5 Å². The Morgan fingerprint density at radius 3 is 2.35 bits per heavy atom. The highest BCUT2D eigenvalue weighted by molar-refractivity contribution is 6.01. The van der Waals surface area contributed by atoms with E-state index < -0.39 is 6.04 Å². The average Bonchev–Trinajstić information content (AvgIpc) is 3.11. The van der Waals surface area contributed by atoms with E-state index in [9.17, 15) is 4.79 Å². The standard InChI is InChI=1S/C18H19NO4/c1-21-14-8-13(9-15(10-14)22-2)17(20)16-11-23-18(19-16)12-6-4-3-5-7-12/h3-10,16,18-19H,11H2,1-2H3. The molecular formula is C18H19NO4. The Labute approximate surface area is 135 Å². The van der Waals surface area contributed by atoms with Crippen LogP contribution in [0.5, 0.6) is 11.5 Å². The quantitative estimate of drug-likeness (QED) is 0.860. The highest BCUT2D eigenvalue weighted by atomic mass is 16.5. The molecule has 1 N–H and O–H groups in total. The fourth-order valence-corrected chi connectivity index (χ4v) is 2.59. The van der Waals surface area contributed by atoms with Crippen molar-refractivity contribution in [2.24, 2.45) is 0 Å². The van der Waals surface area contributed by atoms with Gasteiger partial charge in [0.1, 0.15) is 17.7 Å². The number of ether oxygens (including phenoxy) is 3. The van der Waals surface area contributed by atoms with Gasteiger partial charge in [-0.05, 0) is 17.7 Å². The molecule has 1 fully saturated rings. The van der Waals surface area contributed by atoms with Gasteiger partial charge in [0, 0.05) is 11.6 Å². The van der Waals surface area contributed by atoms with Gasteiger partial charge in [0.25, 0.3) is 0 Å². The molecule has 23 heavy (non-hydrogen) atoms. The summed E-state index contributed by atoms with van der Waals surface area (Å²) < 4.78 is 16.1. The number of carbonyl (C=O) groups excluding carboxylic acids is 1. The summed E-state index contributed by atoms with van der Waals surface area (Å²) in [6.45, 7) is 0.331. The third-order valence-electron chi connectivity index (χ3n) is 3.84. The first-order chi connectivity index (χ1) is 11.2. The van der Waals surface area contributed by atoms with Crippen LogP contribution in [0, 0.1) is 0 Å². The van der Waals surface area contributed by atoms with Crippen molar-refractivity contribution in [1.29, 1.82) is 0 Å². The molecule has 0 spiro atoms. The Balaban J connectivity index is 1.77. The summed E-state index contributed by atoms with van der Waals surface area (Å²) in [6, 6.07) is 14.6. The van der Waals surface area contributed by atoms with E-state index in [-0.39, 0.29) is 12.0 Å². The van der Waals surface area contributed by atoms with E-state index in [2.05, 4.69) is 5.32 Å². The zero-order valence-corrected chi connectivity index (χ0v) is 13.1. The third kappa shape index (κ3) is 3.36. The fourth-order valence-electron chi connectivity index (χ4n) is 2.59. The normalized spacial score (nSPS) is 20.3. The lowest BCUT2D eigenvalue weighted by molar-refractivity contribution is 0.0908. The summed E-state index contributed by atoms with van der Waals surface area (Å²) in [5.74, 6) is 1.14. The lowest BCUT2D eigenvalue weighted by Crippen LogP contribution is -2.34. The first-order valence-corrected chi connectivity index (χ1v) is 7.41. The number of carbonyl (C=O) groups is 1. The molecule has 0 aromatic heterocycles. The van der Waals surface area contributed by atoms with Gasteiger partial charge in [-0.25, -0.2) is 0 Å². The Morgan fingerprint density at radius 2 is 1.74 bits per heavy atom. The largest absolute Gasteiger partial charge is 0.497 e. The third-order valence-corrected chi connectivity index (χ3v) is 3.84. The van der Waals surface area contributed by atoms with E-state index in [4.69, 9.17) is 14.2 Å². The molecule has 0 aliphatic carbocycles. The minimum atomic E-state index is -0.392. The number of methoxy groups -OCH3 is 2. The van der Waals surface area contributed by atoms with Crippen molar-refractivity contribution >= 4 is 5.78 Å². The second kappa shape index (κ2) is 6.81. The van der Waals surface area contributed by atoms with E-state index in [0.717, 1.165) is 5.56 Å². The highest BCUT2D eigenvalue weighted by Gasteiger charge is 2.31. The van der Waals surface area contributed by atoms with Gasteiger partial charge in [-0.3, -0.25) is 10.1 Å². The molecule has 0 radical (unpaired) electrons. The first kappa shape index (κ1) is 15.5. The lowest BCUT2D eigenvalue weighted by atomic mass is 10.0. The summed E-state index contributed by atoms with van der Waals surface area (Å²) in [5.41, 5.74) is 1.54. The van der Waals surface area contributed by atoms with Gasteiger partial charge in [0.05, 0.1) is 26.9 Å². The van der Waals surface area contributed by atoms with Crippen LogP contribution in [0.25, 0.3) is 0 Å². The van der Waals surface area contributed by atoms with Gasteiger partial charge in [-0.15, -0.1) is 0 Å². The molecule has 0 saturated carbocycles. The van der Waals surface area contributed by atoms with Crippen molar-refractivity contribution in [3.05, 3.63) is 59.7 Å². The van der Waals surface area contributed by atoms with Crippen LogP contribution in [-0.4, -0.2) is 32.7 Å². The van der Waals surface area contributed by atoms with Gasteiger partial charge in [0.15, 0.2) is 5.78 Å². The Hall–Kier alpha value is -2.37. The molecule has 2 unspecified atom stereocenters. The molecule has 1 heterocycles. The molecule has 1 saturated heterocycles. The van der Waals surface area contributed by atoms with Crippen LogP contribution in [0.4, 0.5) is 0 Å². The second-order valence-corrected chi connectivity index (χ2v) is 5.31. The number of nitrogens with one attached hydrogen (secondary N) is 1. The zero-order chi connectivity index (χ0) is 16.2. The van der Waals surface area contributed by atoms with Crippen LogP contribution in [-0.2, 0) is 4.74 Å². The zero-order valence-electron chi connectivity index (χ0n) is 13.1. The highest BCUT2D eigenvalue weighted by Crippen LogP contribution is 2.26. The molecule has 0 amide bonds. The van der Waals surface area contributed by atoms with Crippen molar-refractivity contribution in [3.63, 3.8) is 0 Å². The molecule has 5 heteroatoms. The van der Waals surface area contributed by atoms with E-state index in [1.807, 2.05) is 30.3 Å². The number of hydrogen-bond acceptors (Lipinski definition) is 5. The summed E-state index contributed by atoms with van der Waals surface area (Å²) >= 11 is 0. The summed E-state index contributed by atoms with van der Waals surface area (Å²) in [7, 11) is 3.12. The summed E-state index contributed by atoms with van der Waals surface area (Å²) in [4.78, 5) is 12.7. The van der Waals surface area contributed by atoms with Crippen molar-refractivity contribution in [3.8, 4) is 11.5 Å². The number of Topliss-reactive ketones (excluding diaryl/α,β-unsaturated/α-hetero) is 1. The van der Waals surface area contributed by atoms with E-state index in [0.29, 0.717) is 23.7 Å². The molecule has 3 rings (SSSR count). The van der Waals surface area contributed by atoms with Crippen LogP contribution >= 0.6 is 0 Å². The van der Waals surface area contributed by atoms with Crippen LogP contribution in [0.3, 0.4) is 0 Å². The monoisotopic (exact) mass is 313 g/mol. The van der Waals surface area contributed by atoms with Crippen LogP contribution in [0.2, 0.25) is 0 Å². The maximum Gasteiger partial charge on any atom is 0.182 e. The maximum atomic E-state index is 12.7. The second-order valence-electron chi connectivity index (χ2n) is 5.31. The lowest BCUT2D eigenvalue weighted by Gasteiger charge is -2.13. The van der Waals surface area contributed by atoms with Gasteiger partial charge in [-0.1, -0.05) is 30.3 Å². The van der Waals surface area contributed by atoms with Crippen LogP contribution < -0.4 is 14.8 Å². The van der Waals surface area contributed by atoms with Crippen molar-refractivity contribution in [2.75, 3.05) is 20.8 Å². The van der Waals surface area contributed by atoms with Crippen molar-refractivity contribution < 1.29 is 19.0 Å². The van der Waals surface area contributed by atoms with Crippen molar-refractivity contribution in [2.45, 2.75) is 12.3 Å². The average molecular weight is 313 g/mol. The van der Waals surface area contributed by atoms with Gasteiger partial charge >= 0.3 is 0 Å². The van der Waals surface area contributed by atoms with E-state index in [1.165, 1.54) is 0 Å². The van der Waals surface area contributed by atoms with Crippen molar-refractivity contribution in [1.82, 2.24) is 5.32 Å². The minimum Gasteiger partial charge on any atom is -0.497 e. The Bertz CT molecular complexity index is 664. The van der Waals surface area contributed by atoms with Crippen LogP contribution in [0.1, 0.15) is 22.1 Å². The molecule has 1 aliphatic rings. The molecular weight excluding hydrogens is 294 g/mol. The SMILES string of the molecule is COc1cc(OC)cc(C(=O)C2COC(c3ccccc3)N2)c1. The van der Waals surface area contributed by atoms with Gasteiger partial charge < -0.3 is 14.2 Å². The predicted molar refractivity (Wildman–Crippen MR) is 85.9 cm³/mol. The number of ketones is 1. The summed E-state index contributed by atoms with van der Waals surface area (Å²) in [6.07, 6.45) is -0.266. The molecule has 5 nitrogen and oxygen atoms in total. The molecule has 1 aliphatic heterocycles. The Morgan fingerprint density at radius 1 is 1.09 bits per heavy atom. The van der Waals surface area contributed by atoms with E-state index >= 15 is 0 Å². The Kier molecular flexibility index (Phi) is 4.60. The van der Waals surface area contributed by atoms with E-state index in [1.54, 1.807) is 32.4 Å². The molecule has 2 aromatic rings. The molecule has 2 atom stereocenters. The van der Waals surface area contributed by atoms with Gasteiger partial charge in [-0.2, -0.15) is 0 Å². The number of rotatable bonds is 5. The molecule has 2 aromatic carbocycles. The van der Waals surface area contributed by atoms with Gasteiger partial charge in [0.2, 0.25) is 0 Å². The minimum absolute atomic E-state index is 0.0411. The molecule has 0 bridgehead atoms. The molecule has 120 valence electrons. The smallest absolute Gasteiger partial charge is 0.182 e. The summed E-state index contributed by atoms with van der Waals surface area (Å²) in [5, 5.41) is 3.23. The number of benzene rings is 2. The maximum absolute atomic E-state index is 12.7. The number of hydrogen-bond donors (Lipinski definition) is 1. The fraction of sp³-hybridized carbons (Fsp3) is 0.278. The predicted octanol–water partition coefficient (Wildman–Crippen LogP) is 2.57. The topological polar surface area (TPSA) is 56.8 Å². The first-order valence-electron chi connectivity index (χ1n) is 7.41.